The molecule has 128 valence electrons. The van der Waals surface area contributed by atoms with E-state index in [0.29, 0.717) is 27.8 Å². The predicted octanol–water partition coefficient (Wildman–Crippen LogP) is 2.58. The van der Waals surface area contributed by atoms with Crippen LogP contribution in [-0.4, -0.2) is 58.7 Å². The zero-order chi connectivity index (χ0) is 17.1. The molecule has 6 nitrogen and oxygen atoms in total. The van der Waals surface area contributed by atoms with E-state index in [-0.39, 0.29) is 25.5 Å². The lowest BCUT2D eigenvalue weighted by molar-refractivity contribution is 0.0515. The van der Waals surface area contributed by atoms with Crippen LogP contribution >= 0.6 is 23.2 Å². The molecule has 0 radical (unpaired) electrons. The number of ether oxygens (including phenoxy) is 1. The van der Waals surface area contributed by atoms with Crippen molar-refractivity contribution in [1.29, 1.82) is 0 Å². The lowest BCUT2D eigenvalue weighted by atomic mass is 9.93. The van der Waals surface area contributed by atoms with Gasteiger partial charge in [0.2, 0.25) is 0 Å². The summed E-state index contributed by atoms with van der Waals surface area (Å²) in [5.74, 6) is 0.289. The van der Waals surface area contributed by atoms with Gasteiger partial charge in [-0.1, -0.05) is 23.2 Å². The maximum absolute atomic E-state index is 11.5. The number of carbonyl (C=O) groups is 1. The van der Waals surface area contributed by atoms with Crippen LogP contribution in [0.4, 0.5) is 4.79 Å². The molecular formula is C15H19Cl2NO5. The zero-order valence-electron chi connectivity index (χ0n) is 12.6. The number of aliphatic hydroxyl groups is 2. The van der Waals surface area contributed by atoms with Gasteiger partial charge in [0.25, 0.3) is 0 Å². The number of rotatable bonds is 5. The fourth-order valence-electron chi connectivity index (χ4n) is 3.09. The third-order valence-corrected chi connectivity index (χ3v) is 5.00. The van der Waals surface area contributed by atoms with Crippen LogP contribution in [0.25, 0.3) is 0 Å². The smallest absolute Gasteiger partial charge is 0.407 e. The molecule has 2 rings (SSSR count). The Balaban J connectivity index is 2.35. The molecule has 0 spiro atoms. The second kappa shape index (κ2) is 7.57. The minimum absolute atomic E-state index is 0.113. The van der Waals surface area contributed by atoms with Gasteiger partial charge in [0.1, 0.15) is 5.75 Å². The molecule has 1 aliphatic heterocycles. The molecule has 1 amide bonds. The van der Waals surface area contributed by atoms with Crippen molar-refractivity contribution in [2.45, 2.75) is 30.9 Å². The first-order valence-corrected chi connectivity index (χ1v) is 7.96. The van der Waals surface area contributed by atoms with Crippen LogP contribution in [0.3, 0.4) is 0 Å². The van der Waals surface area contributed by atoms with Crippen LogP contribution < -0.4 is 4.74 Å². The molecule has 0 saturated carbocycles. The number of benzene rings is 1. The number of methoxy groups -OCH3 is 1. The van der Waals surface area contributed by atoms with Gasteiger partial charge < -0.3 is 25.0 Å². The van der Waals surface area contributed by atoms with Gasteiger partial charge in [-0.2, -0.15) is 0 Å². The Labute approximate surface area is 144 Å². The maximum atomic E-state index is 11.5. The van der Waals surface area contributed by atoms with Gasteiger partial charge in [-0.15, -0.1) is 0 Å². The predicted molar refractivity (Wildman–Crippen MR) is 86.6 cm³/mol. The standard InChI is InChI=1S/C15H19Cl2NO5/c1-23-12-3-2-9(16)14(17)13(12)8-6-10(11(20)4-5-19)18(7-8)15(21)22/h2-3,8,10-11,19-20H,4-7H2,1H3,(H,21,22)/t8-,10-,11?/m0/s1. The highest BCUT2D eigenvalue weighted by atomic mass is 35.5. The number of halogens is 2. The molecule has 1 aromatic carbocycles. The summed E-state index contributed by atoms with van der Waals surface area (Å²) in [6.07, 6.45) is -1.57. The van der Waals surface area contributed by atoms with E-state index in [1.54, 1.807) is 12.1 Å². The quantitative estimate of drug-likeness (QED) is 0.747. The maximum Gasteiger partial charge on any atom is 0.407 e. The summed E-state index contributed by atoms with van der Waals surface area (Å²) in [5.41, 5.74) is 0.645. The Bertz CT molecular complexity index is 583. The lowest BCUT2D eigenvalue weighted by Gasteiger charge is -2.25. The van der Waals surface area contributed by atoms with Crippen molar-refractivity contribution in [3.05, 3.63) is 27.7 Å². The molecular weight excluding hydrogens is 345 g/mol. The van der Waals surface area contributed by atoms with E-state index in [2.05, 4.69) is 0 Å². The van der Waals surface area contributed by atoms with Gasteiger partial charge in [-0.05, 0) is 25.0 Å². The minimum atomic E-state index is -1.12. The Morgan fingerprint density at radius 1 is 1.48 bits per heavy atom. The third-order valence-electron chi connectivity index (χ3n) is 4.18. The number of aliphatic hydroxyl groups excluding tert-OH is 2. The van der Waals surface area contributed by atoms with Gasteiger partial charge in [-0.25, -0.2) is 4.79 Å². The normalized spacial score (nSPS) is 22.2. The molecule has 1 heterocycles. The summed E-state index contributed by atoms with van der Waals surface area (Å²) in [4.78, 5) is 12.6. The number of amides is 1. The van der Waals surface area contributed by atoms with Crippen LogP contribution in [0.5, 0.6) is 5.75 Å². The first-order valence-electron chi connectivity index (χ1n) is 7.21. The number of hydrogen-bond acceptors (Lipinski definition) is 4. The summed E-state index contributed by atoms with van der Waals surface area (Å²) in [6, 6.07) is 2.70. The monoisotopic (exact) mass is 363 g/mol. The van der Waals surface area contributed by atoms with E-state index in [0.717, 1.165) is 0 Å². The van der Waals surface area contributed by atoms with E-state index in [1.807, 2.05) is 0 Å². The SMILES string of the molecule is COc1ccc(Cl)c(Cl)c1[C@H]1C[C@@H](C(O)CCO)N(C(=O)O)C1. The summed E-state index contributed by atoms with van der Waals surface area (Å²) in [5, 5.41) is 29.2. The van der Waals surface area contributed by atoms with Gasteiger partial charge in [0.15, 0.2) is 0 Å². The van der Waals surface area contributed by atoms with Gasteiger partial charge in [0.05, 0.1) is 29.3 Å². The molecule has 8 heteroatoms. The van der Waals surface area contributed by atoms with Crippen molar-refractivity contribution in [2.75, 3.05) is 20.3 Å². The van der Waals surface area contributed by atoms with Crippen molar-refractivity contribution in [3.63, 3.8) is 0 Å². The Morgan fingerprint density at radius 3 is 2.74 bits per heavy atom. The number of carboxylic acid groups (broad SMARTS) is 1. The van der Waals surface area contributed by atoms with Crippen molar-refractivity contribution >= 4 is 29.3 Å². The molecule has 3 atom stereocenters. The summed E-state index contributed by atoms with van der Waals surface area (Å²) < 4.78 is 5.32. The van der Waals surface area contributed by atoms with Gasteiger partial charge in [-0.3, -0.25) is 0 Å². The molecule has 0 aromatic heterocycles. The number of hydrogen-bond donors (Lipinski definition) is 3. The average molecular weight is 364 g/mol. The Hall–Kier alpha value is -1.21. The van der Waals surface area contributed by atoms with Crippen molar-refractivity contribution in [2.24, 2.45) is 0 Å². The molecule has 1 saturated heterocycles. The Morgan fingerprint density at radius 2 is 2.17 bits per heavy atom. The highest BCUT2D eigenvalue weighted by Gasteiger charge is 2.41. The summed E-state index contributed by atoms with van der Waals surface area (Å²) in [6.45, 7) is -0.0318. The highest BCUT2D eigenvalue weighted by Crippen LogP contribution is 2.44. The molecule has 1 aliphatic rings. The zero-order valence-corrected chi connectivity index (χ0v) is 14.1. The average Bonchev–Trinajstić information content (AvgIpc) is 2.95. The lowest BCUT2D eigenvalue weighted by Crippen LogP contribution is -2.42. The molecule has 23 heavy (non-hydrogen) atoms. The van der Waals surface area contributed by atoms with Crippen molar-refractivity contribution in [1.82, 2.24) is 4.90 Å². The van der Waals surface area contributed by atoms with E-state index in [1.165, 1.54) is 12.0 Å². The minimum Gasteiger partial charge on any atom is -0.496 e. The molecule has 0 bridgehead atoms. The highest BCUT2D eigenvalue weighted by molar-refractivity contribution is 6.42. The summed E-state index contributed by atoms with van der Waals surface area (Å²) in [7, 11) is 1.51. The largest absolute Gasteiger partial charge is 0.496 e. The molecule has 3 N–H and O–H groups in total. The topological polar surface area (TPSA) is 90.2 Å². The fraction of sp³-hybridized carbons (Fsp3) is 0.533. The number of likely N-dealkylation sites (tertiary alicyclic amines) is 1. The van der Waals surface area contributed by atoms with Crippen molar-refractivity contribution in [3.8, 4) is 5.75 Å². The first-order chi connectivity index (χ1) is 10.9. The van der Waals surface area contributed by atoms with Crippen LogP contribution in [-0.2, 0) is 0 Å². The van der Waals surface area contributed by atoms with E-state index in [9.17, 15) is 15.0 Å². The molecule has 0 aliphatic carbocycles. The van der Waals surface area contributed by atoms with E-state index in [4.69, 9.17) is 33.0 Å². The molecule has 1 unspecified atom stereocenters. The van der Waals surface area contributed by atoms with E-state index >= 15 is 0 Å². The third kappa shape index (κ3) is 3.66. The van der Waals surface area contributed by atoms with Crippen molar-refractivity contribution < 1.29 is 24.9 Å². The van der Waals surface area contributed by atoms with Crippen LogP contribution in [0.2, 0.25) is 10.0 Å². The number of nitrogens with zero attached hydrogens (tertiary/aromatic N) is 1. The fourth-order valence-corrected chi connectivity index (χ4v) is 3.57. The summed E-state index contributed by atoms with van der Waals surface area (Å²) >= 11 is 12.4. The van der Waals surface area contributed by atoms with Gasteiger partial charge in [0, 0.05) is 24.6 Å². The second-order valence-electron chi connectivity index (χ2n) is 5.49. The van der Waals surface area contributed by atoms with Crippen LogP contribution in [0.15, 0.2) is 12.1 Å². The first kappa shape index (κ1) is 18.1. The van der Waals surface area contributed by atoms with Crippen LogP contribution in [0, 0.1) is 0 Å². The Kier molecular flexibility index (Phi) is 5.97. The van der Waals surface area contributed by atoms with E-state index < -0.39 is 18.2 Å². The second-order valence-corrected chi connectivity index (χ2v) is 6.28. The molecule has 1 aromatic rings. The molecule has 1 fully saturated rings. The van der Waals surface area contributed by atoms with Gasteiger partial charge >= 0.3 is 6.09 Å². The van der Waals surface area contributed by atoms with Crippen LogP contribution in [0.1, 0.15) is 24.3 Å².